The fourth-order valence-corrected chi connectivity index (χ4v) is 4.76. The fourth-order valence-electron chi connectivity index (χ4n) is 3.67. The number of ether oxygens (including phenoxy) is 1. The molecule has 3 amide bonds. The smallest absolute Gasteiger partial charge is 0.408 e. The van der Waals surface area contributed by atoms with Crippen LogP contribution in [0, 0.1) is 5.92 Å². The topological polar surface area (TPSA) is 131 Å². The number of amides is 3. The molecule has 2 bridgehead atoms. The average Bonchev–Trinajstić information content (AvgIpc) is 3.41. The van der Waals surface area contributed by atoms with Crippen molar-refractivity contribution in [3.63, 3.8) is 0 Å². The molecule has 1 aromatic rings. The third kappa shape index (κ3) is 6.34. The maximum atomic E-state index is 13.1. The highest BCUT2D eigenvalue weighted by Gasteiger charge is 2.61. The van der Waals surface area contributed by atoms with E-state index in [1.807, 2.05) is 12.2 Å². The van der Waals surface area contributed by atoms with Gasteiger partial charge in [-0.3, -0.25) is 9.59 Å². The van der Waals surface area contributed by atoms with Crippen LogP contribution in [-0.4, -0.2) is 44.0 Å². The Hall–Kier alpha value is -2.88. The van der Waals surface area contributed by atoms with E-state index in [1.54, 1.807) is 20.8 Å². The number of rotatable bonds is 1. The number of sulfonamides is 1. The molecule has 3 rings (SSSR count). The van der Waals surface area contributed by atoms with Crippen molar-refractivity contribution >= 4 is 27.9 Å². The van der Waals surface area contributed by atoms with E-state index < -0.39 is 33.2 Å². The van der Waals surface area contributed by atoms with Gasteiger partial charge < -0.3 is 15.4 Å². The minimum Gasteiger partial charge on any atom is -0.444 e. The molecule has 1 aliphatic heterocycles. The zero-order valence-corrected chi connectivity index (χ0v) is 20.0. The lowest BCUT2D eigenvalue weighted by Gasteiger charge is -2.23. The van der Waals surface area contributed by atoms with E-state index in [1.165, 1.54) is 24.3 Å². The van der Waals surface area contributed by atoms with Gasteiger partial charge in [-0.05, 0) is 64.7 Å². The van der Waals surface area contributed by atoms with Crippen LogP contribution in [0.3, 0.4) is 0 Å². The van der Waals surface area contributed by atoms with E-state index in [0.29, 0.717) is 6.54 Å². The van der Waals surface area contributed by atoms with Gasteiger partial charge in [0.2, 0.25) is 0 Å². The van der Waals surface area contributed by atoms with Gasteiger partial charge in [0, 0.05) is 18.0 Å². The Morgan fingerprint density at radius 1 is 1.18 bits per heavy atom. The van der Waals surface area contributed by atoms with E-state index in [4.69, 9.17) is 4.74 Å². The van der Waals surface area contributed by atoms with E-state index in [2.05, 4.69) is 15.4 Å². The first-order valence-electron chi connectivity index (χ1n) is 11.1. The van der Waals surface area contributed by atoms with Gasteiger partial charge >= 0.3 is 6.09 Å². The molecule has 1 fully saturated rings. The molecule has 0 spiro atoms. The summed E-state index contributed by atoms with van der Waals surface area (Å²) in [4.78, 5) is 37.7. The highest BCUT2D eigenvalue weighted by Crippen LogP contribution is 2.45. The highest BCUT2D eigenvalue weighted by molar-refractivity contribution is 7.90. The first-order valence-corrected chi connectivity index (χ1v) is 12.5. The quantitative estimate of drug-likeness (QED) is 0.533. The largest absolute Gasteiger partial charge is 0.444 e. The molecular formula is C23H31N3O6S. The van der Waals surface area contributed by atoms with Crippen LogP contribution in [0.15, 0.2) is 41.3 Å². The third-order valence-corrected chi connectivity index (χ3v) is 6.81. The summed E-state index contributed by atoms with van der Waals surface area (Å²) >= 11 is 0. The van der Waals surface area contributed by atoms with Crippen molar-refractivity contribution in [3.8, 4) is 0 Å². The fraction of sp³-hybridized carbons (Fsp3) is 0.522. The molecule has 2 aliphatic rings. The third-order valence-electron chi connectivity index (χ3n) is 5.48. The van der Waals surface area contributed by atoms with Gasteiger partial charge in [-0.1, -0.05) is 24.6 Å². The van der Waals surface area contributed by atoms with E-state index in [-0.39, 0.29) is 28.7 Å². The van der Waals surface area contributed by atoms with Crippen LogP contribution in [-0.2, 0) is 19.6 Å². The van der Waals surface area contributed by atoms with Crippen molar-refractivity contribution in [2.45, 2.75) is 68.9 Å². The molecule has 0 saturated heterocycles. The first kappa shape index (κ1) is 24.8. The molecule has 1 saturated carbocycles. The number of nitrogens with one attached hydrogen (secondary N) is 3. The molecule has 3 N–H and O–H groups in total. The average molecular weight is 478 g/mol. The Kier molecular flexibility index (Phi) is 7.16. The zero-order chi connectivity index (χ0) is 24.3. The molecule has 2 atom stereocenters. The molecule has 0 radical (unpaired) electrons. The summed E-state index contributed by atoms with van der Waals surface area (Å²) in [6.45, 7) is 5.58. The van der Waals surface area contributed by atoms with Gasteiger partial charge in [-0.15, -0.1) is 0 Å². The molecule has 1 aromatic carbocycles. The Morgan fingerprint density at radius 3 is 2.67 bits per heavy atom. The molecule has 9 nitrogen and oxygen atoms in total. The molecule has 10 heteroatoms. The van der Waals surface area contributed by atoms with Crippen molar-refractivity contribution in [1.82, 2.24) is 15.4 Å². The van der Waals surface area contributed by atoms with Gasteiger partial charge in [0.1, 0.15) is 11.1 Å². The van der Waals surface area contributed by atoms with E-state index >= 15 is 0 Å². The van der Waals surface area contributed by atoms with Crippen LogP contribution < -0.4 is 15.4 Å². The van der Waals surface area contributed by atoms with Crippen LogP contribution in [0.4, 0.5) is 4.79 Å². The van der Waals surface area contributed by atoms with Gasteiger partial charge in [-0.2, -0.15) is 0 Å². The standard InChI is InChI=1S/C23H31N3O6S/c1-22(2,3)32-21(29)25-23-15-17(23)11-7-5-4-6-8-13-24-19(27)16-10-9-12-18(14-16)33(30,31)26-20(23)28/h7,9-12,14,17H,4-6,8,13,15H2,1-3H3,(H,24,27)(H,25,29)(H,26,28)/t17-,23-/m1/s1. The zero-order valence-electron chi connectivity index (χ0n) is 19.1. The van der Waals surface area contributed by atoms with Gasteiger partial charge in [0.25, 0.3) is 21.8 Å². The number of hydrogen-bond acceptors (Lipinski definition) is 6. The predicted octanol–water partition coefficient (Wildman–Crippen LogP) is 2.63. The van der Waals surface area contributed by atoms with Crippen molar-refractivity contribution in [1.29, 1.82) is 0 Å². The Bertz CT molecular complexity index is 1060. The molecule has 1 heterocycles. The van der Waals surface area contributed by atoms with Crippen molar-refractivity contribution in [3.05, 3.63) is 42.0 Å². The summed E-state index contributed by atoms with van der Waals surface area (Å²) in [5.74, 6) is -1.58. The Morgan fingerprint density at radius 2 is 1.94 bits per heavy atom. The van der Waals surface area contributed by atoms with Crippen molar-refractivity contribution in [2.24, 2.45) is 5.92 Å². The molecule has 1 aliphatic carbocycles. The van der Waals surface area contributed by atoms with Gasteiger partial charge in [0.15, 0.2) is 0 Å². The Balaban J connectivity index is 1.90. The summed E-state index contributed by atoms with van der Waals surface area (Å²) in [6.07, 6.45) is 6.61. The number of benzene rings is 1. The van der Waals surface area contributed by atoms with Crippen LogP contribution in [0.5, 0.6) is 0 Å². The van der Waals surface area contributed by atoms with Crippen LogP contribution >= 0.6 is 0 Å². The predicted molar refractivity (Wildman–Crippen MR) is 122 cm³/mol. The summed E-state index contributed by atoms with van der Waals surface area (Å²) in [5, 5.41) is 5.37. The van der Waals surface area contributed by atoms with Crippen LogP contribution in [0.25, 0.3) is 0 Å². The maximum absolute atomic E-state index is 13.1. The number of allylic oxidation sites excluding steroid dienone is 1. The first-order chi connectivity index (χ1) is 15.4. The lowest BCUT2D eigenvalue weighted by molar-refractivity contribution is -0.122. The highest BCUT2D eigenvalue weighted by atomic mass is 32.2. The van der Waals surface area contributed by atoms with Gasteiger partial charge in [0.05, 0.1) is 4.90 Å². The van der Waals surface area contributed by atoms with Crippen molar-refractivity contribution in [2.75, 3.05) is 6.54 Å². The number of fused-ring (bicyclic) bond motifs is 3. The van der Waals surface area contributed by atoms with Gasteiger partial charge in [-0.25, -0.2) is 17.9 Å². The number of carbonyl (C=O) groups excluding carboxylic acids is 3. The number of carbonyl (C=O) groups is 3. The minimum absolute atomic E-state index is 0.183. The van der Waals surface area contributed by atoms with E-state index in [9.17, 15) is 22.8 Å². The Labute approximate surface area is 194 Å². The normalized spacial score (nSPS) is 25.6. The molecular weight excluding hydrogens is 446 g/mol. The second-order valence-corrected chi connectivity index (χ2v) is 11.1. The number of alkyl carbamates (subject to hydrolysis) is 1. The lowest BCUT2D eigenvalue weighted by Crippen LogP contribution is -2.52. The molecule has 0 unspecified atom stereocenters. The van der Waals surface area contributed by atoms with Crippen LogP contribution in [0.2, 0.25) is 0 Å². The number of hydrogen-bond donors (Lipinski definition) is 3. The lowest BCUT2D eigenvalue weighted by atomic mass is 10.1. The van der Waals surface area contributed by atoms with Crippen LogP contribution in [0.1, 0.15) is 63.2 Å². The monoisotopic (exact) mass is 477 g/mol. The molecule has 33 heavy (non-hydrogen) atoms. The molecule has 180 valence electrons. The SMILES string of the molecule is CC(C)(C)OC(=O)N[C@]12C[C@H]1C=CCCCCCNC(=O)c1cccc(c1)S(=O)(=O)NC2=O. The summed E-state index contributed by atoms with van der Waals surface area (Å²) in [5.41, 5.74) is -2.02. The summed E-state index contributed by atoms with van der Waals surface area (Å²) < 4.78 is 33.2. The molecule has 0 aromatic heterocycles. The van der Waals surface area contributed by atoms with E-state index in [0.717, 1.165) is 25.7 Å². The summed E-state index contributed by atoms with van der Waals surface area (Å²) in [7, 11) is -4.28. The minimum atomic E-state index is -4.28. The second kappa shape index (κ2) is 9.54. The second-order valence-electron chi connectivity index (χ2n) is 9.40. The van der Waals surface area contributed by atoms with Crippen molar-refractivity contribution < 1.29 is 27.5 Å². The summed E-state index contributed by atoms with van der Waals surface area (Å²) in [6, 6.07) is 5.48. The maximum Gasteiger partial charge on any atom is 0.408 e.